The van der Waals surface area contributed by atoms with Crippen molar-refractivity contribution in [3.05, 3.63) is 35.5 Å². The van der Waals surface area contributed by atoms with Crippen molar-refractivity contribution in [3.63, 3.8) is 0 Å². The van der Waals surface area contributed by atoms with Crippen molar-refractivity contribution in [1.29, 1.82) is 0 Å². The predicted octanol–water partition coefficient (Wildman–Crippen LogP) is 3.39. The van der Waals surface area contributed by atoms with Crippen molar-refractivity contribution in [2.24, 2.45) is 5.92 Å². The molecule has 2 amide bonds. The molecule has 1 fully saturated rings. The van der Waals surface area contributed by atoms with Gasteiger partial charge in [0.15, 0.2) is 0 Å². The number of hydrogen-bond acceptors (Lipinski definition) is 5. The number of ether oxygens (including phenoxy) is 1. The number of nitrogens with zero attached hydrogens (tertiary/aromatic N) is 3. The molecular formula is C21H26N4O3S. The number of benzene rings is 1. The first-order valence-corrected chi connectivity index (χ1v) is 10.9. The van der Waals surface area contributed by atoms with Crippen LogP contribution in [0.2, 0.25) is 0 Å². The van der Waals surface area contributed by atoms with Gasteiger partial charge in [-0.15, -0.1) is 0 Å². The minimum Gasteiger partial charge on any atom is -0.497 e. The maximum atomic E-state index is 13.1. The highest BCUT2D eigenvalue weighted by atomic mass is 32.2. The van der Waals surface area contributed by atoms with Gasteiger partial charge in [-0.05, 0) is 45.0 Å². The molecule has 0 spiro atoms. The number of hydrogen-bond donors (Lipinski definition) is 1. The van der Waals surface area contributed by atoms with Gasteiger partial charge in [0.1, 0.15) is 11.6 Å². The Labute approximate surface area is 174 Å². The van der Waals surface area contributed by atoms with Crippen molar-refractivity contribution in [2.75, 3.05) is 23.9 Å². The number of amides is 2. The van der Waals surface area contributed by atoms with Crippen molar-refractivity contribution in [2.45, 2.75) is 44.2 Å². The topological polar surface area (TPSA) is 76.5 Å². The molecule has 1 atom stereocenters. The summed E-state index contributed by atoms with van der Waals surface area (Å²) in [7, 11) is 1.61. The molecule has 0 radical (unpaired) electrons. The second-order valence-electron chi connectivity index (χ2n) is 8.44. The average molecular weight is 415 g/mol. The van der Waals surface area contributed by atoms with E-state index in [9.17, 15) is 9.59 Å². The number of thioether (sulfide) groups is 1. The summed E-state index contributed by atoms with van der Waals surface area (Å²) in [6.07, 6.45) is 0.207. The van der Waals surface area contributed by atoms with E-state index in [1.54, 1.807) is 23.8 Å². The van der Waals surface area contributed by atoms with E-state index < -0.39 is 5.92 Å². The van der Waals surface area contributed by atoms with Gasteiger partial charge >= 0.3 is 0 Å². The van der Waals surface area contributed by atoms with E-state index in [1.807, 2.05) is 28.9 Å². The number of nitrogens with one attached hydrogen (secondary N) is 1. The zero-order valence-electron chi connectivity index (χ0n) is 17.2. The van der Waals surface area contributed by atoms with Crippen molar-refractivity contribution in [1.82, 2.24) is 9.78 Å². The molecule has 1 N–H and O–H groups in total. The number of carbonyl (C=O) groups excluding carboxylic acids is 2. The number of methoxy groups -OCH3 is 1. The van der Waals surface area contributed by atoms with Crippen LogP contribution in [0, 0.1) is 5.92 Å². The molecule has 0 unspecified atom stereocenters. The molecule has 3 heterocycles. The Morgan fingerprint density at radius 2 is 1.97 bits per heavy atom. The lowest BCUT2D eigenvalue weighted by atomic mass is 10.1. The monoisotopic (exact) mass is 414 g/mol. The molecule has 2 aromatic rings. The number of fused-ring (bicyclic) bond motifs is 1. The fourth-order valence-electron chi connectivity index (χ4n) is 3.74. The van der Waals surface area contributed by atoms with Gasteiger partial charge in [-0.1, -0.05) is 0 Å². The molecule has 0 aliphatic carbocycles. The van der Waals surface area contributed by atoms with Crippen LogP contribution in [0.3, 0.4) is 0 Å². The minimum atomic E-state index is -0.391. The standard InChI is InChI=1S/C21H26N4O3S/c1-21(2,3)25-19(16-11-29-12-17(16)23-25)22-20(27)13-9-18(26)24(10-13)14-5-7-15(28-4)8-6-14/h5-8,13H,9-12H2,1-4H3,(H,22,27)/t13-/m1/s1. The van der Waals surface area contributed by atoms with Crippen LogP contribution in [-0.2, 0) is 26.6 Å². The molecule has 2 aliphatic heterocycles. The predicted molar refractivity (Wildman–Crippen MR) is 114 cm³/mol. The van der Waals surface area contributed by atoms with Crippen LogP contribution < -0.4 is 15.0 Å². The second kappa shape index (κ2) is 7.40. The van der Waals surface area contributed by atoms with E-state index in [1.165, 1.54) is 0 Å². The third-order valence-corrected chi connectivity index (χ3v) is 6.28. The Balaban J connectivity index is 1.52. The summed E-state index contributed by atoms with van der Waals surface area (Å²) >= 11 is 1.80. The maximum absolute atomic E-state index is 13.1. The summed E-state index contributed by atoms with van der Waals surface area (Å²) < 4.78 is 7.08. The van der Waals surface area contributed by atoms with Gasteiger partial charge < -0.3 is 15.0 Å². The van der Waals surface area contributed by atoms with E-state index in [-0.39, 0.29) is 23.8 Å². The Bertz CT molecular complexity index is 946. The quantitative estimate of drug-likeness (QED) is 0.830. The van der Waals surface area contributed by atoms with Crippen LogP contribution in [0.5, 0.6) is 5.75 Å². The van der Waals surface area contributed by atoms with E-state index >= 15 is 0 Å². The molecule has 0 saturated carbocycles. The third-order valence-electron chi connectivity index (χ3n) is 5.31. The molecule has 1 aromatic carbocycles. The van der Waals surface area contributed by atoms with Gasteiger partial charge in [0.05, 0.1) is 24.3 Å². The van der Waals surface area contributed by atoms with Crippen LogP contribution in [0.25, 0.3) is 0 Å². The summed E-state index contributed by atoms with van der Waals surface area (Å²) in [5.41, 5.74) is 2.69. The van der Waals surface area contributed by atoms with Gasteiger partial charge in [0.25, 0.3) is 0 Å². The lowest BCUT2D eigenvalue weighted by Gasteiger charge is -2.24. The Morgan fingerprint density at radius 3 is 2.62 bits per heavy atom. The highest BCUT2D eigenvalue weighted by molar-refractivity contribution is 7.98. The van der Waals surface area contributed by atoms with Gasteiger partial charge in [-0.2, -0.15) is 16.9 Å². The number of anilines is 2. The average Bonchev–Trinajstić information content (AvgIpc) is 3.37. The van der Waals surface area contributed by atoms with Gasteiger partial charge in [-0.25, -0.2) is 4.68 Å². The maximum Gasteiger partial charge on any atom is 0.230 e. The fourth-order valence-corrected chi connectivity index (χ4v) is 4.78. The molecule has 8 heteroatoms. The number of rotatable bonds is 4. The molecule has 1 saturated heterocycles. The molecule has 2 aliphatic rings. The Kier molecular flexibility index (Phi) is 5.06. The third kappa shape index (κ3) is 3.73. The summed E-state index contributed by atoms with van der Waals surface area (Å²) in [5, 5.41) is 7.83. The van der Waals surface area contributed by atoms with E-state index in [4.69, 9.17) is 9.84 Å². The number of carbonyl (C=O) groups is 2. The van der Waals surface area contributed by atoms with E-state index in [0.717, 1.165) is 40.0 Å². The smallest absolute Gasteiger partial charge is 0.230 e. The first kappa shape index (κ1) is 19.8. The lowest BCUT2D eigenvalue weighted by Crippen LogP contribution is -2.31. The van der Waals surface area contributed by atoms with Gasteiger partial charge in [0.2, 0.25) is 11.8 Å². The largest absolute Gasteiger partial charge is 0.497 e. The highest BCUT2D eigenvalue weighted by Gasteiger charge is 2.37. The Morgan fingerprint density at radius 1 is 1.24 bits per heavy atom. The summed E-state index contributed by atoms with van der Waals surface area (Å²) in [6.45, 7) is 6.59. The van der Waals surface area contributed by atoms with E-state index in [0.29, 0.717) is 6.54 Å². The van der Waals surface area contributed by atoms with Gasteiger partial charge in [0, 0.05) is 35.7 Å². The fraction of sp³-hybridized carbons (Fsp3) is 0.476. The first-order chi connectivity index (χ1) is 13.8. The zero-order chi connectivity index (χ0) is 20.8. The van der Waals surface area contributed by atoms with Crippen LogP contribution in [0.15, 0.2) is 24.3 Å². The van der Waals surface area contributed by atoms with Crippen molar-refractivity contribution in [3.8, 4) is 5.75 Å². The number of aromatic nitrogens is 2. The van der Waals surface area contributed by atoms with E-state index in [2.05, 4.69) is 26.1 Å². The Hall–Kier alpha value is -2.48. The van der Waals surface area contributed by atoms with Crippen molar-refractivity contribution >= 4 is 35.1 Å². The highest BCUT2D eigenvalue weighted by Crippen LogP contribution is 2.37. The molecule has 154 valence electrons. The van der Waals surface area contributed by atoms with Crippen LogP contribution >= 0.6 is 11.8 Å². The van der Waals surface area contributed by atoms with Crippen LogP contribution in [0.1, 0.15) is 38.4 Å². The molecule has 0 bridgehead atoms. The second-order valence-corrected chi connectivity index (χ2v) is 9.43. The van der Waals surface area contributed by atoms with Crippen molar-refractivity contribution < 1.29 is 14.3 Å². The molecule has 4 rings (SSSR count). The zero-order valence-corrected chi connectivity index (χ0v) is 18.0. The lowest BCUT2D eigenvalue weighted by molar-refractivity contribution is -0.122. The minimum absolute atomic E-state index is 0.0413. The summed E-state index contributed by atoms with van der Waals surface area (Å²) in [5.74, 6) is 2.67. The molecule has 29 heavy (non-hydrogen) atoms. The molecule has 1 aromatic heterocycles. The van der Waals surface area contributed by atoms with Crippen LogP contribution in [0.4, 0.5) is 11.5 Å². The first-order valence-electron chi connectivity index (χ1n) is 9.72. The van der Waals surface area contributed by atoms with Crippen LogP contribution in [-0.4, -0.2) is 35.2 Å². The molecule has 7 nitrogen and oxygen atoms in total. The molecular weight excluding hydrogens is 388 g/mol. The normalized spacial score (nSPS) is 18.8. The summed E-state index contributed by atoms with van der Waals surface area (Å²) in [4.78, 5) is 27.3. The van der Waals surface area contributed by atoms with Gasteiger partial charge in [-0.3, -0.25) is 9.59 Å². The summed E-state index contributed by atoms with van der Waals surface area (Å²) in [6, 6.07) is 7.32. The SMILES string of the molecule is COc1ccc(N2C[C@H](C(=O)Nc3c4c(nn3C(C)(C)C)CSC4)CC2=O)cc1.